The average Bonchev–Trinajstić information content (AvgIpc) is 2.39. The fourth-order valence-electron chi connectivity index (χ4n) is 2.71. The highest BCUT2D eigenvalue weighted by molar-refractivity contribution is 5.43. The number of anilines is 1. The molecule has 0 aromatic carbocycles. The maximum Gasteiger partial charge on any atom is 0.148 e. The van der Waals surface area contributed by atoms with Crippen molar-refractivity contribution in [3.05, 3.63) is 47.2 Å². The molecule has 5 nitrogen and oxygen atoms in total. The number of aryl methyl sites for hydroxylation is 2. The lowest BCUT2D eigenvalue weighted by Crippen LogP contribution is -2.58. The highest BCUT2D eigenvalue weighted by Gasteiger charge is 2.31. The largest absolute Gasteiger partial charge is 0.353 e. The normalized spacial score (nSPS) is 15.1. The van der Waals surface area contributed by atoms with Gasteiger partial charge in [-0.25, -0.2) is 18.7 Å². The van der Waals surface area contributed by atoms with Crippen molar-refractivity contribution in [1.29, 1.82) is 0 Å². The fraction of sp³-hybridized carbons (Fsp3) is 0.438. The molecule has 0 bridgehead atoms. The van der Waals surface area contributed by atoms with Gasteiger partial charge in [0.15, 0.2) is 0 Å². The van der Waals surface area contributed by atoms with E-state index in [0.717, 1.165) is 42.7 Å². The number of aromatic nitrogens is 3. The molecule has 0 saturated carbocycles. The number of pyridine rings is 1. The maximum absolute atomic E-state index is 13.7. The molecule has 1 aliphatic heterocycles. The van der Waals surface area contributed by atoms with E-state index in [4.69, 9.17) is 0 Å². The Kier molecular flexibility index (Phi) is 4.21. The third-order valence-corrected chi connectivity index (χ3v) is 4.05. The van der Waals surface area contributed by atoms with Crippen molar-refractivity contribution in [3.8, 4) is 0 Å². The number of hydrogen-bond acceptors (Lipinski definition) is 5. The van der Waals surface area contributed by atoms with Crippen LogP contribution in [0.25, 0.3) is 0 Å². The number of halogens is 2. The Hall–Kier alpha value is -2.15. The Balaban J connectivity index is 1.60. The lowest BCUT2D eigenvalue weighted by atomic mass is 10.1. The van der Waals surface area contributed by atoms with Crippen molar-refractivity contribution in [1.82, 2.24) is 19.9 Å². The van der Waals surface area contributed by atoms with Crippen molar-refractivity contribution in [3.63, 3.8) is 0 Å². The number of hydrogen-bond donors (Lipinski definition) is 0. The second-order valence-electron chi connectivity index (χ2n) is 5.97. The Morgan fingerprint density at radius 2 is 1.96 bits per heavy atom. The Morgan fingerprint density at radius 1 is 1.22 bits per heavy atom. The first-order chi connectivity index (χ1) is 10.9. The van der Waals surface area contributed by atoms with Crippen LogP contribution < -0.4 is 4.90 Å². The first-order valence-corrected chi connectivity index (χ1v) is 7.50. The fourth-order valence-corrected chi connectivity index (χ4v) is 2.71. The van der Waals surface area contributed by atoms with E-state index in [1.807, 2.05) is 31.9 Å². The van der Waals surface area contributed by atoms with E-state index < -0.39 is 11.6 Å². The van der Waals surface area contributed by atoms with Crippen LogP contribution in [0.5, 0.6) is 0 Å². The smallest absolute Gasteiger partial charge is 0.148 e. The summed E-state index contributed by atoms with van der Waals surface area (Å²) in [6.45, 7) is 5.81. The topological polar surface area (TPSA) is 45.2 Å². The third-order valence-electron chi connectivity index (χ3n) is 4.05. The molecule has 23 heavy (non-hydrogen) atoms. The molecule has 0 amide bonds. The average molecular weight is 319 g/mol. The highest BCUT2D eigenvalue weighted by Crippen LogP contribution is 2.23. The van der Waals surface area contributed by atoms with Gasteiger partial charge in [0, 0.05) is 43.5 Å². The molecule has 0 atom stereocenters. The van der Waals surface area contributed by atoms with Crippen LogP contribution in [0.1, 0.15) is 17.2 Å². The molecular formula is C16H19F2N5. The Labute approximate surface area is 134 Å². The number of rotatable bonds is 4. The molecule has 122 valence electrons. The standard InChI is InChI=1S/C16H19F2N5/c1-10-4-16(21-11(2)20-10)23-7-13(8-23)22(3)9-15-14(18)5-12(17)6-19-15/h4-6,13H,7-9H2,1-3H3. The van der Waals surface area contributed by atoms with Gasteiger partial charge in [-0.1, -0.05) is 0 Å². The van der Waals surface area contributed by atoms with Crippen LogP contribution in [-0.4, -0.2) is 46.0 Å². The second kappa shape index (κ2) is 6.16. The maximum atomic E-state index is 13.7. The first-order valence-electron chi connectivity index (χ1n) is 7.50. The van der Waals surface area contributed by atoms with Crippen molar-refractivity contribution in [2.75, 3.05) is 25.0 Å². The van der Waals surface area contributed by atoms with Crippen LogP contribution in [0.15, 0.2) is 18.3 Å². The van der Waals surface area contributed by atoms with Crippen LogP contribution in [-0.2, 0) is 6.54 Å². The Morgan fingerprint density at radius 3 is 2.61 bits per heavy atom. The molecule has 2 aromatic rings. The summed E-state index contributed by atoms with van der Waals surface area (Å²) in [6, 6.07) is 3.12. The van der Waals surface area contributed by atoms with Gasteiger partial charge in [0.05, 0.1) is 11.9 Å². The van der Waals surface area contributed by atoms with Gasteiger partial charge >= 0.3 is 0 Å². The van der Waals surface area contributed by atoms with Crippen LogP contribution >= 0.6 is 0 Å². The predicted molar refractivity (Wildman–Crippen MR) is 83.1 cm³/mol. The summed E-state index contributed by atoms with van der Waals surface area (Å²) in [5, 5.41) is 0. The zero-order chi connectivity index (χ0) is 16.6. The number of likely N-dealkylation sites (N-methyl/N-ethyl adjacent to an activating group) is 1. The SMILES string of the molecule is Cc1cc(N2CC(N(C)Cc3ncc(F)cc3F)C2)nc(C)n1. The van der Waals surface area contributed by atoms with Gasteiger partial charge in [-0.15, -0.1) is 0 Å². The van der Waals surface area contributed by atoms with Gasteiger partial charge in [0.2, 0.25) is 0 Å². The molecule has 1 saturated heterocycles. The van der Waals surface area contributed by atoms with Crippen molar-refractivity contribution < 1.29 is 8.78 Å². The van der Waals surface area contributed by atoms with E-state index in [-0.39, 0.29) is 11.7 Å². The van der Waals surface area contributed by atoms with E-state index >= 15 is 0 Å². The monoisotopic (exact) mass is 319 g/mol. The summed E-state index contributed by atoms with van der Waals surface area (Å²) in [4.78, 5) is 16.7. The molecule has 3 rings (SSSR count). The molecule has 0 unspecified atom stereocenters. The van der Waals surface area contributed by atoms with Crippen LogP contribution in [0.4, 0.5) is 14.6 Å². The minimum Gasteiger partial charge on any atom is -0.353 e. The molecule has 0 spiro atoms. The van der Waals surface area contributed by atoms with Gasteiger partial charge in [-0.3, -0.25) is 9.88 Å². The molecule has 0 aliphatic carbocycles. The zero-order valence-electron chi connectivity index (χ0n) is 13.4. The molecular weight excluding hydrogens is 300 g/mol. The summed E-state index contributed by atoms with van der Waals surface area (Å²) >= 11 is 0. The third kappa shape index (κ3) is 3.44. The van der Waals surface area contributed by atoms with Gasteiger partial charge in [-0.2, -0.15) is 0 Å². The molecule has 3 heterocycles. The quantitative estimate of drug-likeness (QED) is 0.863. The van der Waals surface area contributed by atoms with Crippen LogP contribution in [0.3, 0.4) is 0 Å². The lowest BCUT2D eigenvalue weighted by Gasteiger charge is -2.44. The minimum absolute atomic E-state index is 0.265. The minimum atomic E-state index is -0.654. The van der Waals surface area contributed by atoms with Gasteiger partial charge in [0.25, 0.3) is 0 Å². The summed E-state index contributed by atoms with van der Waals surface area (Å²) < 4.78 is 26.6. The van der Waals surface area contributed by atoms with E-state index in [9.17, 15) is 8.78 Å². The Bertz CT molecular complexity index is 695. The van der Waals surface area contributed by atoms with Crippen LogP contribution in [0.2, 0.25) is 0 Å². The van der Waals surface area contributed by atoms with E-state index in [2.05, 4.69) is 19.9 Å². The van der Waals surface area contributed by atoms with Gasteiger partial charge in [0.1, 0.15) is 23.3 Å². The van der Waals surface area contributed by atoms with Crippen LogP contribution in [0, 0.1) is 25.5 Å². The zero-order valence-corrected chi connectivity index (χ0v) is 13.4. The highest BCUT2D eigenvalue weighted by atomic mass is 19.1. The number of nitrogens with zero attached hydrogens (tertiary/aromatic N) is 5. The molecule has 7 heteroatoms. The summed E-state index contributed by atoms with van der Waals surface area (Å²) in [7, 11) is 1.92. The first kappa shape index (κ1) is 15.7. The van der Waals surface area contributed by atoms with Crippen molar-refractivity contribution in [2.45, 2.75) is 26.4 Å². The predicted octanol–water partition coefficient (Wildman–Crippen LogP) is 2.09. The molecule has 2 aromatic heterocycles. The van der Waals surface area contributed by atoms with Gasteiger partial charge in [-0.05, 0) is 20.9 Å². The molecule has 0 radical (unpaired) electrons. The summed E-state index contributed by atoms with van der Waals surface area (Å²) in [5.41, 5.74) is 1.21. The van der Waals surface area contributed by atoms with E-state index in [0.29, 0.717) is 6.54 Å². The summed E-state index contributed by atoms with van der Waals surface area (Å²) in [5.74, 6) is 0.424. The molecule has 1 fully saturated rings. The van der Waals surface area contributed by atoms with Crippen molar-refractivity contribution >= 4 is 5.82 Å². The van der Waals surface area contributed by atoms with Crippen molar-refractivity contribution in [2.24, 2.45) is 0 Å². The lowest BCUT2D eigenvalue weighted by molar-refractivity contribution is 0.192. The molecule has 1 aliphatic rings. The molecule has 0 N–H and O–H groups in total. The van der Waals surface area contributed by atoms with Gasteiger partial charge < -0.3 is 4.90 Å². The van der Waals surface area contributed by atoms with E-state index in [1.165, 1.54) is 0 Å². The second-order valence-corrected chi connectivity index (χ2v) is 5.97. The van der Waals surface area contributed by atoms with E-state index in [1.54, 1.807) is 0 Å². The summed E-state index contributed by atoms with van der Waals surface area (Å²) in [6.07, 6.45) is 1.05.